The van der Waals surface area contributed by atoms with Gasteiger partial charge in [-0.1, -0.05) is 37.5 Å². The number of hydrogen-bond donors (Lipinski definition) is 1. The molecule has 0 amide bonds. The monoisotopic (exact) mass is 270 g/mol. The summed E-state index contributed by atoms with van der Waals surface area (Å²) in [6.07, 6.45) is 8.42. The van der Waals surface area contributed by atoms with E-state index in [2.05, 4.69) is 27.2 Å². The Kier molecular flexibility index (Phi) is 4.11. The molecule has 4 heteroatoms. The minimum Gasteiger partial charge on any atom is -0.365 e. The first-order valence-corrected chi connectivity index (χ1v) is 7.57. The molecule has 106 valence electrons. The number of benzene rings is 1. The van der Waals surface area contributed by atoms with Gasteiger partial charge in [0.05, 0.1) is 17.4 Å². The average Bonchev–Trinajstić information content (AvgIpc) is 2.53. The number of rotatable bonds is 4. The van der Waals surface area contributed by atoms with Crippen LogP contribution in [0, 0.1) is 0 Å². The highest BCUT2D eigenvalue weighted by Crippen LogP contribution is 2.30. The topological polar surface area (TPSA) is 55.0 Å². The molecule has 2 N–H and O–H groups in total. The molecule has 1 saturated carbocycles. The fourth-order valence-corrected chi connectivity index (χ4v) is 3.25. The summed E-state index contributed by atoms with van der Waals surface area (Å²) in [5, 5.41) is 9.58. The minimum atomic E-state index is 0.597. The van der Waals surface area contributed by atoms with Gasteiger partial charge >= 0.3 is 0 Å². The predicted molar refractivity (Wildman–Crippen MR) is 82.8 cm³/mol. The third kappa shape index (κ3) is 2.61. The van der Waals surface area contributed by atoms with Crippen molar-refractivity contribution in [1.82, 2.24) is 10.2 Å². The fraction of sp³-hybridized carbons (Fsp3) is 0.500. The summed E-state index contributed by atoms with van der Waals surface area (Å²) in [7, 11) is 0. The van der Waals surface area contributed by atoms with Crippen LogP contribution in [-0.4, -0.2) is 29.3 Å². The van der Waals surface area contributed by atoms with Crippen LogP contribution in [0.3, 0.4) is 0 Å². The standard InChI is InChI=1S/C16H22N4/c17-10-11-20(13-6-2-1-3-7-13)16-12-18-19-15-9-5-4-8-14(15)16/h4-5,8-9,12-13H,1-3,6-7,10-11,17H2. The smallest absolute Gasteiger partial charge is 0.0950 e. The van der Waals surface area contributed by atoms with Crippen molar-refractivity contribution in [2.24, 2.45) is 5.73 Å². The summed E-state index contributed by atoms with van der Waals surface area (Å²) < 4.78 is 0. The average molecular weight is 270 g/mol. The Balaban J connectivity index is 2.00. The van der Waals surface area contributed by atoms with Crippen molar-refractivity contribution in [3.63, 3.8) is 0 Å². The highest BCUT2D eigenvalue weighted by molar-refractivity contribution is 5.90. The van der Waals surface area contributed by atoms with E-state index >= 15 is 0 Å². The maximum Gasteiger partial charge on any atom is 0.0950 e. The summed E-state index contributed by atoms with van der Waals surface area (Å²) in [6, 6.07) is 8.82. The molecule has 20 heavy (non-hydrogen) atoms. The third-order valence-corrected chi connectivity index (χ3v) is 4.22. The molecular formula is C16H22N4. The first kappa shape index (κ1) is 13.3. The molecule has 1 aliphatic carbocycles. The zero-order chi connectivity index (χ0) is 13.8. The van der Waals surface area contributed by atoms with E-state index in [0.717, 1.165) is 12.1 Å². The van der Waals surface area contributed by atoms with Gasteiger partial charge in [0, 0.05) is 24.5 Å². The lowest BCUT2D eigenvalue weighted by Gasteiger charge is -2.36. The van der Waals surface area contributed by atoms with E-state index in [1.165, 1.54) is 43.2 Å². The first-order valence-electron chi connectivity index (χ1n) is 7.57. The lowest BCUT2D eigenvalue weighted by Crippen LogP contribution is -2.40. The number of hydrogen-bond acceptors (Lipinski definition) is 4. The summed E-state index contributed by atoms with van der Waals surface area (Å²) in [5.41, 5.74) is 7.99. The van der Waals surface area contributed by atoms with Crippen LogP contribution >= 0.6 is 0 Å². The molecule has 1 aromatic carbocycles. The van der Waals surface area contributed by atoms with Crippen molar-refractivity contribution in [2.75, 3.05) is 18.0 Å². The van der Waals surface area contributed by atoms with Gasteiger partial charge in [-0.2, -0.15) is 10.2 Å². The molecule has 0 aliphatic heterocycles. The second kappa shape index (κ2) is 6.18. The molecule has 0 atom stereocenters. The summed E-state index contributed by atoms with van der Waals surface area (Å²) in [4.78, 5) is 2.45. The van der Waals surface area contributed by atoms with Crippen molar-refractivity contribution in [3.05, 3.63) is 30.5 Å². The summed E-state index contributed by atoms with van der Waals surface area (Å²) in [5.74, 6) is 0. The quantitative estimate of drug-likeness (QED) is 0.928. The Morgan fingerprint density at radius 2 is 1.95 bits per heavy atom. The fourth-order valence-electron chi connectivity index (χ4n) is 3.25. The molecule has 1 fully saturated rings. The van der Waals surface area contributed by atoms with Crippen LogP contribution in [0.1, 0.15) is 32.1 Å². The summed E-state index contributed by atoms with van der Waals surface area (Å²) >= 11 is 0. The largest absolute Gasteiger partial charge is 0.365 e. The molecule has 2 aromatic rings. The highest BCUT2D eigenvalue weighted by Gasteiger charge is 2.22. The maximum atomic E-state index is 5.84. The van der Waals surface area contributed by atoms with Crippen LogP contribution in [0.25, 0.3) is 10.9 Å². The molecule has 1 heterocycles. The molecule has 0 unspecified atom stereocenters. The number of nitrogens with zero attached hydrogens (tertiary/aromatic N) is 3. The van der Waals surface area contributed by atoms with E-state index in [-0.39, 0.29) is 0 Å². The number of fused-ring (bicyclic) bond motifs is 1. The number of anilines is 1. The van der Waals surface area contributed by atoms with Gasteiger partial charge in [-0.3, -0.25) is 0 Å². The third-order valence-electron chi connectivity index (χ3n) is 4.22. The van der Waals surface area contributed by atoms with E-state index in [4.69, 9.17) is 5.73 Å². The second-order valence-electron chi connectivity index (χ2n) is 5.52. The Bertz CT molecular complexity index is 558. The highest BCUT2D eigenvalue weighted by atomic mass is 15.2. The van der Waals surface area contributed by atoms with Gasteiger partial charge in [-0.15, -0.1) is 0 Å². The lowest BCUT2D eigenvalue weighted by molar-refractivity contribution is 0.416. The Hall–Kier alpha value is -1.68. The van der Waals surface area contributed by atoms with Crippen LogP contribution in [-0.2, 0) is 0 Å². The van der Waals surface area contributed by atoms with E-state index in [9.17, 15) is 0 Å². The van der Waals surface area contributed by atoms with Gasteiger partial charge in [0.2, 0.25) is 0 Å². The zero-order valence-corrected chi connectivity index (χ0v) is 11.8. The van der Waals surface area contributed by atoms with Crippen LogP contribution < -0.4 is 10.6 Å². The van der Waals surface area contributed by atoms with E-state index in [1.807, 2.05) is 18.3 Å². The normalized spacial score (nSPS) is 16.4. The molecule has 1 aromatic heterocycles. The van der Waals surface area contributed by atoms with Crippen LogP contribution in [0.2, 0.25) is 0 Å². The summed E-state index contributed by atoms with van der Waals surface area (Å²) in [6.45, 7) is 1.56. The Morgan fingerprint density at radius 3 is 2.75 bits per heavy atom. The molecule has 4 nitrogen and oxygen atoms in total. The van der Waals surface area contributed by atoms with Gasteiger partial charge in [0.1, 0.15) is 0 Å². The molecular weight excluding hydrogens is 248 g/mol. The second-order valence-corrected chi connectivity index (χ2v) is 5.52. The molecule has 0 radical (unpaired) electrons. The van der Waals surface area contributed by atoms with E-state index in [0.29, 0.717) is 12.6 Å². The van der Waals surface area contributed by atoms with E-state index < -0.39 is 0 Å². The number of nitrogens with two attached hydrogens (primary N) is 1. The SMILES string of the molecule is NCCN(c1cnnc2ccccc12)C1CCCCC1. The molecule has 1 aliphatic rings. The van der Waals surface area contributed by atoms with Crippen LogP contribution in [0.15, 0.2) is 30.5 Å². The van der Waals surface area contributed by atoms with Crippen molar-refractivity contribution < 1.29 is 0 Å². The first-order chi connectivity index (χ1) is 9.90. The van der Waals surface area contributed by atoms with Crippen molar-refractivity contribution in [3.8, 4) is 0 Å². The van der Waals surface area contributed by atoms with Gasteiger partial charge in [0.25, 0.3) is 0 Å². The lowest BCUT2D eigenvalue weighted by atomic mass is 9.93. The number of aromatic nitrogens is 2. The molecule has 0 saturated heterocycles. The van der Waals surface area contributed by atoms with Crippen molar-refractivity contribution in [1.29, 1.82) is 0 Å². The Labute approximate surface area is 120 Å². The van der Waals surface area contributed by atoms with Gasteiger partial charge in [0.15, 0.2) is 0 Å². The van der Waals surface area contributed by atoms with Crippen LogP contribution in [0.5, 0.6) is 0 Å². The molecule has 3 rings (SSSR count). The van der Waals surface area contributed by atoms with Gasteiger partial charge in [-0.05, 0) is 18.9 Å². The van der Waals surface area contributed by atoms with Gasteiger partial charge in [-0.25, -0.2) is 0 Å². The zero-order valence-electron chi connectivity index (χ0n) is 11.8. The van der Waals surface area contributed by atoms with Crippen LogP contribution in [0.4, 0.5) is 5.69 Å². The minimum absolute atomic E-state index is 0.597. The van der Waals surface area contributed by atoms with Gasteiger partial charge < -0.3 is 10.6 Å². The van der Waals surface area contributed by atoms with Crippen molar-refractivity contribution in [2.45, 2.75) is 38.1 Å². The van der Waals surface area contributed by atoms with E-state index in [1.54, 1.807) is 0 Å². The maximum absolute atomic E-state index is 5.84. The Morgan fingerprint density at radius 1 is 1.15 bits per heavy atom. The van der Waals surface area contributed by atoms with Crippen molar-refractivity contribution >= 4 is 16.6 Å². The molecule has 0 spiro atoms. The predicted octanol–water partition coefficient (Wildman–Crippen LogP) is 2.73. The molecule has 0 bridgehead atoms.